The summed E-state index contributed by atoms with van der Waals surface area (Å²) in [6.45, 7) is 5.05. The van der Waals surface area contributed by atoms with Gasteiger partial charge in [-0.25, -0.2) is 13.4 Å². The van der Waals surface area contributed by atoms with Gasteiger partial charge in [0.1, 0.15) is 11.6 Å². The second-order valence-corrected chi connectivity index (χ2v) is 12.8. The van der Waals surface area contributed by atoms with Crippen molar-refractivity contribution < 1.29 is 8.42 Å². The summed E-state index contributed by atoms with van der Waals surface area (Å²) in [5, 5.41) is 21.3. The number of piperidine rings is 1. The SMILES string of the molecule is CC(C)c1nnc2ccc(-c3ccc(S(=O)(=O)N4CCC(Nc5ccc(C6(C#N)CC6)cn5)CC4)cc3)cn12. The van der Waals surface area contributed by atoms with E-state index in [1.165, 1.54) is 0 Å². The van der Waals surface area contributed by atoms with Crippen molar-refractivity contribution in [2.24, 2.45) is 0 Å². The van der Waals surface area contributed by atoms with Crippen LogP contribution in [0.3, 0.4) is 0 Å². The molecular weight excluding hydrogens is 510 g/mol. The van der Waals surface area contributed by atoms with E-state index in [0.29, 0.717) is 30.8 Å². The molecule has 4 heterocycles. The summed E-state index contributed by atoms with van der Waals surface area (Å²) >= 11 is 0. The van der Waals surface area contributed by atoms with Gasteiger partial charge in [-0.2, -0.15) is 9.57 Å². The number of fused-ring (bicyclic) bond motifs is 1. The van der Waals surface area contributed by atoms with Crippen LogP contribution in [0.1, 0.15) is 56.8 Å². The molecule has 2 aliphatic rings. The Morgan fingerprint density at radius 2 is 1.72 bits per heavy atom. The monoisotopic (exact) mass is 541 g/mol. The summed E-state index contributed by atoms with van der Waals surface area (Å²) in [6, 6.07) is 17.4. The Labute approximate surface area is 228 Å². The van der Waals surface area contributed by atoms with Gasteiger partial charge in [-0.3, -0.25) is 4.40 Å². The Balaban J connectivity index is 1.10. The van der Waals surface area contributed by atoms with Crippen LogP contribution in [0.5, 0.6) is 0 Å². The van der Waals surface area contributed by atoms with Gasteiger partial charge in [-0.05, 0) is 72.7 Å². The molecule has 0 bridgehead atoms. The lowest BCUT2D eigenvalue weighted by Gasteiger charge is -2.32. The molecule has 3 aromatic heterocycles. The van der Waals surface area contributed by atoms with Gasteiger partial charge in [-0.15, -0.1) is 10.2 Å². The first kappa shape index (κ1) is 25.5. The Kier molecular flexibility index (Phi) is 6.36. The predicted octanol–water partition coefficient (Wildman–Crippen LogP) is 4.74. The van der Waals surface area contributed by atoms with E-state index in [-0.39, 0.29) is 17.4 Å². The second kappa shape index (κ2) is 9.74. The molecule has 6 rings (SSSR count). The standard InChI is InChI=1S/C29H31N7O2S/c1-20(2)28-34-33-27-10-5-22(18-36(27)28)21-3-7-25(8-4-21)39(37,38)35-15-11-24(12-16-35)32-26-9-6-23(17-31-26)29(19-30)13-14-29/h3-10,17-18,20,24H,11-16H2,1-2H3,(H,31,32). The van der Waals surface area contributed by atoms with Gasteiger partial charge in [0.15, 0.2) is 5.65 Å². The van der Waals surface area contributed by atoms with Crippen molar-refractivity contribution in [1.82, 2.24) is 23.9 Å². The Morgan fingerprint density at radius 3 is 2.33 bits per heavy atom. The van der Waals surface area contributed by atoms with Crippen LogP contribution in [0.2, 0.25) is 0 Å². The summed E-state index contributed by atoms with van der Waals surface area (Å²) in [5.41, 5.74) is 3.33. The number of nitriles is 1. The van der Waals surface area contributed by atoms with Crippen molar-refractivity contribution in [2.75, 3.05) is 18.4 Å². The molecule has 1 aliphatic carbocycles. The molecule has 0 unspecified atom stereocenters. The number of pyridine rings is 2. The van der Waals surface area contributed by atoms with Gasteiger partial charge < -0.3 is 5.32 Å². The van der Waals surface area contributed by atoms with Crippen LogP contribution in [0.15, 0.2) is 65.8 Å². The van der Waals surface area contributed by atoms with E-state index < -0.39 is 10.0 Å². The van der Waals surface area contributed by atoms with E-state index >= 15 is 0 Å². The lowest BCUT2D eigenvalue weighted by Crippen LogP contribution is -2.42. The highest BCUT2D eigenvalue weighted by atomic mass is 32.2. The maximum absolute atomic E-state index is 13.4. The number of hydrogen-bond donors (Lipinski definition) is 1. The van der Waals surface area contributed by atoms with Crippen molar-refractivity contribution in [3.63, 3.8) is 0 Å². The van der Waals surface area contributed by atoms with Crippen molar-refractivity contribution >= 4 is 21.5 Å². The van der Waals surface area contributed by atoms with E-state index in [2.05, 4.69) is 40.4 Å². The number of hydrogen-bond acceptors (Lipinski definition) is 7. The molecule has 200 valence electrons. The molecule has 1 N–H and O–H groups in total. The first-order valence-electron chi connectivity index (χ1n) is 13.4. The molecule has 4 aromatic rings. The van der Waals surface area contributed by atoms with Gasteiger partial charge in [-0.1, -0.05) is 32.0 Å². The molecule has 0 spiro atoms. The molecule has 0 amide bonds. The molecule has 1 aliphatic heterocycles. The molecule has 0 radical (unpaired) electrons. The van der Waals surface area contributed by atoms with Crippen molar-refractivity contribution in [2.45, 2.75) is 61.8 Å². The zero-order chi connectivity index (χ0) is 27.2. The molecule has 0 atom stereocenters. The molecule has 39 heavy (non-hydrogen) atoms. The number of anilines is 1. The maximum atomic E-state index is 13.4. The summed E-state index contributed by atoms with van der Waals surface area (Å²) < 4.78 is 30.3. The fourth-order valence-corrected chi connectivity index (χ4v) is 6.71. The lowest BCUT2D eigenvalue weighted by molar-refractivity contribution is 0.329. The minimum Gasteiger partial charge on any atom is -0.367 e. The summed E-state index contributed by atoms with van der Waals surface area (Å²) in [6.07, 6.45) is 6.97. The fourth-order valence-electron chi connectivity index (χ4n) is 5.24. The smallest absolute Gasteiger partial charge is 0.243 e. The average Bonchev–Trinajstić information content (AvgIpc) is 3.64. The lowest BCUT2D eigenvalue weighted by atomic mass is 10.00. The topological polar surface area (TPSA) is 116 Å². The first-order chi connectivity index (χ1) is 18.8. The van der Waals surface area contributed by atoms with E-state index in [0.717, 1.165) is 46.8 Å². The molecule has 10 heteroatoms. The zero-order valence-corrected chi connectivity index (χ0v) is 22.9. The van der Waals surface area contributed by atoms with Crippen LogP contribution in [0, 0.1) is 11.3 Å². The number of sulfonamides is 1. The van der Waals surface area contributed by atoms with Gasteiger partial charge in [0, 0.05) is 37.4 Å². The van der Waals surface area contributed by atoms with Crippen LogP contribution < -0.4 is 5.32 Å². The zero-order valence-electron chi connectivity index (χ0n) is 22.1. The molecule has 9 nitrogen and oxygen atoms in total. The van der Waals surface area contributed by atoms with Crippen LogP contribution in [-0.4, -0.2) is 51.4 Å². The minimum atomic E-state index is -3.58. The largest absolute Gasteiger partial charge is 0.367 e. The molecule has 1 aromatic carbocycles. The summed E-state index contributed by atoms with van der Waals surface area (Å²) in [5.74, 6) is 1.89. The average molecular weight is 542 g/mol. The van der Waals surface area contributed by atoms with Crippen LogP contribution in [0.4, 0.5) is 5.82 Å². The van der Waals surface area contributed by atoms with Gasteiger partial charge >= 0.3 is 0 Å². The highest BCUT2D eigenvalue weighted by Gasteiger charge is 2.45. The van der Waals surface area contributed by atoms with Crippen molar-refractivity contribution in [3.8, 4) is 17.2 Å². The third-order valence-corrected chi connectivity index (χ3v) is 9.77. The van der Waals surface area contributed by atoms with E-state index in [1.807, 2.05) is 47.0 Å². The summed E-state index contributed by atoms with van der Waals surface area (Å²) in [7, 11) is -3.58. The highest BCUT2D eigenvalue weighted by molar-refractivity contribution is 7.89. The summed E-state index contributed by atoms with van der Waals surface area (Å²) in [4.78, 5) is 4.80. The molecule has 1 saturated carbocycles. The van der Waals surface area contributed by atoms with Crippen LogP contribution >= 0.6 is 0 Å². The second-order valence-electron chi connectivity index (χ2n) is 10.8. The normalized spacial score (nSPS) is 17.8. The third-order valence-electron chi connectivity index (χ3n) is 7.86. The number of benzene rings is 1. The molecule has 2 fully saturated rings. The molecule has 1 saturated heterocycles. The van der Waals surface area contributed by atoms with Gasteiger partial charge in [0.25, 0.3) is 0 Å². The predicted molar refractivity (Wildman–Crippen MR) is 149 cm³/mol. The minimum absolute atomic E-state index is 0.145. The van der Waals surface area contributed by atoms with E-state index in [9.17, 15) is 13.7 Å². The van der Waals surface area contributed by atoms with Crippen molar-refractivity contribution in [1.29, 1.82) is 5.26 Å². The Bertz CT molecular complexity index is 1640. The van der Waals surface area contributed by atoms with Crippen LogP contribution in [-0.2, 0) is 15.4 Å². The number of nitrogens with zero attached hydrogens (tertiary/aromatic N) is 6. The maximum Gasteiger partial charge on any atom is 0.243 e. The molecular formula is C29H31N7O2S. The van der Waals surface area contributed by atoms with Crippen LogP contribution in [0.25, 0.3) is 16.8 Å². The quantitative estimate of drug-likeness (QED) is 0.359. The Hall–Kier alpha value is -3.81. The number of rotatable bonds is 7. The van der Waals surface area contributed by atoms with Crippen molar-refractivity contribution in [3.05, 3.63) is 72.3 Å². The number of aromatic nitrogens is 4. The number of nitrogens with one attached hydrogen (secondary N) is 1. The van der Waals surface area contributed by atoms with Gasteiger partial charge in [0.2, 0.25) is 10.0 Å². The third kappa shape index (κ3) is 4.77. The van der Waals surface area contributed by atoms with E-state index in [4.69, 9.17) is 0 Å². The first-order valence-corrected chi connectivity index (χ1v) is 14.8. The highest BCUT2D eigenvalue weighted by Crippen LogP contribution is 2.47. The fraction of sp³-hybridized carbons (Fsp3) is 0.379. The van der Waals surface area contributed by atoms with E-state index in [1.54, 1.807) is 22.6 Å². The Morgan fingerprint density at radius 1 is 1.00 bits per heavy atom. The van der Waals surface area contributed by atoms with Gasteiger partial charge in [0.05, 0.1) is 16.4 Å².